The molecule has 4 N–H and O–H groups in total. The largest absolute Gasteiger partial charge is 0.506 e. The van der Waals surface area contributed by atoms with Gasteiger partial charge in [-0.05, 0) is 30.2 Å². The van der Waals surface area contributed by atoms with Crippen LogP contribution in [0.4, 0.5) is 0 Å². The van der Waals surface area contributed by atoms with E-state index in [1.807, 2.05) is 0 Å². The minimum absolute atomic E-state index is 0.0753. The Morgan fingerprint density at radius 1 is 1.50 bits per heavy atom. The number of rotatable bonds is 4. The van der Waals surface area contributed by atoms with Gasteiger partial charge in [0.25, 0.3) is 0 Å². The molecule has 0 aliphatic heterocycles. The highest BCUT2D eigenvalue weighted by atomic mass is 16.4. The number of phenolic OH excluding ortho intramolecular Hbond substituents is 1. The molecule has 0 amide bonds. The van der Waals surface area contributed by atoms with E-state index in [0.29, 0.717) is 5.69 Å². The summed E-state index contributed by atoms with van der Waals surface area (Å²) in [5.41, 5.74) is 6.70. The molecule has 0 aliphatic carbocycles. The maximum atomic E-state index is 10.7. The minimum atomic E-state index is -1.05. The Kier molecular flexibility index (Phi) is 3.29. The second kappa shape index (κ2) is 4.89. The van der Waals surface area contributed by atoms with Crippen molar-refractivity contribution in [2.45, 2.75) is 12.5 Å². The number of phenols is 1. The molecule has 18 heavy (non-hydrogen) atoms. The molecule has 2 rings (SSSR count). The Morgan fingerprint density at radius 3 is 2.89 bits per heavy atom. The van der Waals surface area contributed by atoms with E-state index >= 15 is 0 Å². The summed E-state index contributed by atoms with van der Waals surface area (Å²) in [6.07, 6.45) is 3.48. The topological polar surface area (TPSA) is 101 Å². The fraction of sp³-hybridized carbons (Fsp3) is 0.167. The van der Waals surface area contributed by atoms with E-state index < -0.39 is 12.0 Å². The Labute approximate surface area is 103 Å². The van der Waals surface area contributed by atoms with Gasteiger partial charge >= 0.3 is 5.97 Å². The van der Waals surface area contributed by atoms with Crippen LogP contribution in [0.15, 0.2) is 36.7 Å². The van der Waals surface area contributed by atoms with Gasteiger partial charge in [-0.3, -0.25) is 4.79 Å². The first-order chi connectivity index (χ1) is 8.58. The number of aliphatic carboxylic acids is 1. The van der Waals surface area contributed by atoms with E-state index in [9.17, 15) is 9.90 Å². The zero-order valence-corrected chi connectivity index (χ0v) is 9.52. The van der Waals surface area contributed by atoms with Crippen molar-refractivity contribution >= 4 is 5.97 Å². The summed E-state index contributed by atoms with van der Waals surface area (Å²) in [5, 5.41) is 22.5. The number of carbonyl (C=O) groups is 1. The summed E-state index contributed by atoms with van der Waals surface area (Å²) in [5.74, 6) is -0.977. The lowest BCUT2D eigenvalue weighted by atomic mass is 10.1. The summed E-state index contributed by atoms with van der Waals surface area (Å²) >= 11 is 0. The smallest absolute Gasteiger partial charge is 0.320 e. The lowest BCUT2D eigenvalue weighted by molar-refractivity contribution is -0.138. The van der Waals surface area contributed by atoms with Gasteiger partial charge in [-0.25, -0.2) is 4.68 Å². The lowest BCUT2D eigenvalue weighted by Gasteiger charge is -2.10. The predicted octanol–water partition coefficient (Wildman–Crippen LogP) is 0.532. The molecule has 94 valence electrons. The molecule has 1 aromatic heterocycles. The van der Waals surface area contributed by atoms with E-state index in [1.165, 1.54) is 10.7 Å². The van der Waals surface area contributed by atoms with Gasteiger partial charge in [0.2, 0.25) is 0 Å². The van der Waals surface area contributed by atoms with Crippen LogP contribution in [0, 0.1) is 0 Å². The average molecular weight is 247 g/mol. The van der Waals surface area contributed by atoms with Gasteiger partial charge in [-0.1, -0.05) is 6.07 Å². The summed E-state index contributed by atoms with van der Waals surface area (Å²) in [6, 6.07) is 5.59. The molecule has 0 aliphatic rings. The Bertz CT molecular complexity index is 552. The van der Waals surface area contributed by atoms with Crippen LogP contribution < -0.4 is 5.73 Å². The molecule has 1 aromatic carbocycles. The van der Waals surface area contributed by atoms with Crippen LogP contribution in [-0.4, -0.2) is 32.0 Å². The molecule has 6 nitrogen and oxygen atoms in total. The number of nitrogens with zero attached hydrogens (tertiary/aromatic N) is 2. The van der Waals surface area contributed by atoms with Crippen LogP contribution in [0.3, 0.4) is 0 Å². The van der Waals surface area contributed by atoms with Crippen molar-refractivity contribution < 1.29 is 15.0 Å². The van der Waals surface area contributed by atoms with Crippen molar-refractivity contribution in [3.63, 3.8) is 0 Å². The van der Waals surface area contributed by atoms with Crippen molar-refractivity contribution in [3.05, 3.63) is 42.2 Å². The van der Waals surface area contributed by atoms with Gasteiger partial charge in [0.15, 0.2) is 0 Å². The highest BCUT2D eigenvalue weighted by Crippen LogP contribution is 2.22. The SMILES string of the molecule is N[C@@H](Cc1ccc(O)c(-n2cccn2)c1)C(=O)O. The second-order valence-corrected chi connectivity index (χ2v) is 3.92. The Balaban J connectivity index is 2.30. The van der Waals surface area contributed by atoms with Crippen LogP contribution in [0.5, 0.6) is 5.75 Å². The number of aromatic nitrogens is 2. The molecule has 0 saturated heterocycles. The van der Waals surface area contributed by atoms with E-state index in [0.717, 1.165) is 5.56 Å². The van der Waals surface area contributed by atoms with Gasteiger partial charge in [0.1, 0.15) is 17.5 Å². The monoisotopic (exact) mass is 247 g/mol. The zero-order chi connectivity index (χ0) is 13.1. The molecule has 1 atom stereocenters. The van der Waals surface area contributed by atoms with Crippen LogP contribution in [0.2, 0.25) is 0 Å². The first-order valence-corrected chi connectivity index (χ1v) is 5.38. The molecule has 0 fully saturated rings. The number of carboxylic acids is 1. The normalized spacial score (nSPS) is 12.3. The van der Waals surface area contributed by atoms with Gasteiger partial charge in [-0.2, -0.15) is 5.10 Å². The Hall–Kier alpha value is -2.34. The van der Waals surface area contributed by atoms with Crippen molar-refractivity contribution in [3.8, 4) is 11.4 Å². The third kappa shape index (κ3) is 2.49. The molecular formula is C12H13N3O3. The summed E-state index contributed by atoms with van der Waals surface area (Å²) in [7, 11) is 0. The van der Waals surface area contributed by atoms with Crippen LogP contribution in [0.1, 0.15) is 5.56 Å². The number of aromatic hydroxyl groups is 1. The van der Waals surface area contributed by atoms with Crippen LogP contribution in [-0.2, 0) is 11.2 Å². The van der Waals surface area contributed by atoms with Gasteiger partial charge in [-0.15, -0.1) is 0 Å². The van der Waals surface area contributed by atoms with Gasteiger partial charge < -0.3 is 15.9 Å². The number of nitrogens with two attached hydrogens (primary N) is 1. The third-order valence-electron chi connectivity index (χ3n) is 2.56. The van der Waals surface area contributed by atoms with E-state index in [1.54, 1.807) is 30.6 Å². The number of hydrogen-bond donors (Lipinski definition) is 3. The van der Waals surface area contributed by atoms with Crippen LogP contribution >= 0.6 is 0 Å². The fourth-order valence-electron chi connectivity index (χ4n) is 1.63. The second-order valence-electron chi connectivity index (χ2n) is 3.92. The molecule has 0 radical (unpaired) electrons. The number of benzene rings is 1. The molecule has 2 aromatic rings. The molecule has 0 unspecified atom stereocenters. The summed E-state index contributed by atoms with van der Waals surface area (Å²) < 4.78 is 1.51. The quantitative estimate of drug-likeness (QED) is 0.731. The Morgan fingerprint density at radius 2 is 2.28 bits per heavy atom. The zero-order valence-electron chi connectivity index (χ0n) is 9.52. The van der Waals surface area contributed by atoms with Gasteiger partial charge in [0.05, 0.1) is 0 Å². The predicted molar refractivity (Wildman–Crippen MR) is 64.5 cm³/mol. The van der Waals surface area contributed by atoms with Crippen molar-refractivity contribution in [2.24, 2.45) is 5.73 Å². The summed E-state index contributed by atoms with van der Waals surface area (Å²) in [4.78, 5) is 10.7. The maximum Gasteiger partial charge on any atom is 0.320 e. The first kappa shape index (κ1) is 12.1. The van der Waals surface area contributed by atoms with E-state index in [-0.39, 0.29) is 12.2 Å². The lowest BCUT2D eigenvalue weighted by Crippen LogP contribution is -2.32. The molecule has 0 saturated carbocycles. The van der Waals surface area contributed by atoms with Crippen molar-refractivity contribution in [1.82, 2.24) is 9.78 Å². The fourth-order valence-corrected chi connectivity index (χ4v) is 1.63. The molecule has 0 bridgehead atoms. The first-order valence-electron chi connectivity index (χ1n) is 5.38. The average Bonchev–Trinajstić information content (AvgIpc) is 2.85. The van der Waals surface area contributed by atoms with Crippen LogP contribution in [0.25, 0.3) is 5.69 Å². The highest BCUT2D eigenvalue weighted by Gasteiger charge is 2.13. The van der Waals surface area contributed by atoms with Gasteiger partial charge in [0, 0.05) is 12.4 Å². The molecular weight excluding hydrogens is 234 g/mol. The third-order valence-corrected chi connectivity index (χ3v) is 2.56. The molecule has 1 heterocycles. The minimum Gasteiger partial charge on any atom is -0.506 e. The standard InChI is InChI=1S/C12H13N3O3/c13-9(12(17)18)6-8-2-3-11(16)10(7-8)15-5-1-4-14-15/h1-5,7,9,16H,6,13H2,(H,17,18)/t9-/m0/s1. The van der Waals surface area contributed by atoms with Crippen molar-refractivity contribution in [2.75, 3.05) is 0 Å². The number of carboxylic acid groups (broad SMARTS) is 1. The van der Waals surface area contributed by atoms with Crippen molar-refractivity contribution in [1.29, 1.82) is 0 Å². The molecule has 6 heteroatoms. The maximum absolute atomic E-state index is 10.7. The molecule has 0 spiro atoms. The van der Waals surface area contributed by atoms with E-state index in [2.05, 4.69) is 5.10 Å². The summed E-state index contributed by atoms with van der Waals surface area (Å²) in [6.45, 7) is 0. The van der Waals surface area contributed by atoms with E-state index in [4.69, 9.17) is 10.8 Å². The number of hydrogen-bond acceptors (Lipinski definition) is 4. The highest BCUT2D eigenvalue weighted by molar-refractivity contribution is 5.73.